The van der Waals surface area contributed by atoms with Gasteiger partial charge in [0, 0.05) is 10.9 Å². The summed E-state index contributed by atoms with van der Waals surface area (Å²) < 4.78 is 0. The molecule has 0 aliphatic carbocycles. The fourth-order valence-electron chi connectivity index (χ4n) is 1.93. The molecule has 1 aromatic rings. The molecular formula is C15H25NS. The first-order valence-electron chi connectivity index (χ1n) is 6.54. The van der Waals surface area contributed by atoms with Gasteiger partial charge in [0.2, 0.25) is 0 Å². The van der Waals surface area contributed by atoms with E-state index in [0.29, 0.717) is 6.04 Å². The van der Waals surface area contributed by atoms with Gasteiger partial charge in [-0.1, -0.05) is 24.6 Å². The number of hydrogen-bond acceptors (Lipinski definition) is 2. The number of aryl methyl sites for hydroxylation is 2. The molecule has 0 aromatic heterocycles. The Kier molecular flexibility index (Phi) is 6.68. The highest BCUT2D eigenvalue weighted by Crippen LogP contribution is 2.24. The van der Waals surface area contributed by atoms with Crippen LogP contribution in [0, 0.1) is 13.8 Å². The van der Waals surface area contributed by atoms with Crippen LogP contribution in [-0.4, -0.2) is 18.8 Å². The van der Waals surface area contributed by atoms with Gasteiger partial charge in [0.15, 0.2) is 0 Å². The third kappa shape index (κ3) is 5.13. The van der Waals surface area contributed by atoms with Crippen molar-refractivity contribution in [2.45, 2.75) is 51.0 Å². The Bertz CT molecular complexity index is 332. The molecule has 2 heteroatoms. The first-order chi connectivity index (χ1) is 8.17. The normalized spacial score (nSPS) is 12.7. The van der Waals surface area contributed by atoms with Crippen LogP contribution >= 0.6 is 11.8 Å². The monoisotopic (exact) mass is 251 g/mol. The quantitative estimate of drug-likeness (QED) is 0.576. The fraction of sp³-hybridized carbons (Fsp3) is 0.600. The van der Waals surface area contributed by atoms with Gasteiger partial charge in [0.05, 0.1) is 0 Å². The summed E-state index contributed by atoms with van der Waals surface area (Å²) >= 11 is 2.00. The SMILES string of the molecule is CCC(CCCSc1cc(C)ccc1C)NC. The lowest BCUT2D eigenvalue weighted by Gasteiger charge is -2.13. The minimum atomic E-state index is 0.689. The van der Waals surface area contributed by atoms with Gasteiger partial charge >= 0.3 is 0 Å². The van der Waals surface area contributed by atoms with Crippen molar-refractivity contribution in [1.29, 1.82) is 0 Å². The van der Waals surface area contributed by atoms with Gasteiger partial charge in [-0.3, -0.25) is 0 Å². The van der Waals surface area contributed by atoms with Gasteiger partial charge in [-0.2, -0.15) is 0 Å². The van der Waals surface area contributed by atoms with E-state index in [1.807, 2.05) is 11.8 Å². The molecule has 0 radical (unpaired) electrons. The third-order valence-corrected chi connectivity index (χ3v) is 4.44. The molecule has 1 rings (SSSR count). The van der Waals surface area contributed by atoms with Crippen molar-refractivity contribution in [1.82, 2.24) is 5.32 Å². The number of benzene rings is 1. The van der Waals surface area contributed by atoms with Gasteiger partial charge in [0.1, 0.15) is 0 Å². The molecule has 0 aliphatic rings. The largest absolute Gasteiger partial charge is 0.317 e. The molecule has 96 valence electrons. The van der Waals surface area contributed by atoms with Crippen molar-refractivity contribution in [2.75, 3.05) is 12.8 Å². The first kappa shape index (κ1) is 14.6. The van der Waals surface area contributed by atoms with E-state index in [0.717, 1.165) is 0 Å². The van der Waals surface area contributed by atoms with Crippen LogP contribution in [0.25, 0.3) is 0 Å². The van der Waals surface area contributed by atoms with E-state index in [1.165, 1.54) is 41.0 Å². The second kappa shape index (κ2) is 7.78. The summed E-state index contributed by atoms with van der Waals surface area (Å²) in [6.45, 7) is 6.61. The summed E-state index contributed by atoms with van der Waals surface area (Å²) in [4.78, 5) is 1.45. The maximum Gasteiger partial charge on any atom is 0.0104 e. The Morgan fingerprint density at radius 3 is 2.71 bits per heavy atom. The maximum absolute atomic E-state index is 3.36. The van der Waals surface area contributed by atoms with Crippen LogP contribution in [0.15, 0.2) is 23.1 Å². The molecule has 0 heterocycles. The van der Waals surface area contributed by atoms with E-state index in [2.05, 4.69) is 51.3 Å². The molecule has 0 saturated heterocycles. The van der Waals surface area contributed by atoms with E-state index in [9.17, 15) is 0 Å². The molecule has 0 aliphatic heterocycles. The van der Waals surface area contributed by atoms with Crippen LogP contribution in [0.5, 0.6) is 0 Å². The third-order valence-electron chi connectivity index (χ3n) is 3.20. The molecule has 17 heavy (non-hydrogen) atoms. The summed E-state index contributed by atoms with van der Waals surface area (Å²) in [6, 6.07) is 7.40. The summed E-state index contributed by atoms with van der Waals surface area (Å²) in [6.07, 6.45) is 3.80. The molecule has 0 bridgehead atoms. The van der Waals surface area contributed by atoms with Crippen molar-refractivity contribution in [3.05, 3.63) is 29.3 Å². The highest BCUT2D eigenvalue weighted by atomic mass is 32.2. The van der Waals surface area contributed by atoms with Crippen LogP contribution < -0.4 is 5.32 Å². The molecule has 1 N–H and O–H groups in total. The van der Waals surface area contributed by atoms with Gasteiger partial charge in [0.25, 0.3) is 0 Å². The topological polar surface area (TPSA) is 12.0 Å². The van der Waals surface area contributed by atoms with E-state index >= 15 is 0 Å². The molecular weight excluding hydrogens is 226 g/mol. The number of nitrogens with one attached hydrogen (secondary N) is 1. The Balaban J connectivity index is 2.33. The van der Waals surface area contributed by atoms with Gasteiger partial charge < -0.3 is 5.32 Å². The standard InChI is InChI=1S/C15H25NS/c1-5-14(16-4)7-6-10-17-15-11-12(2)8-9-13(15)3/h8-9,11,14,16H,5-7,10H2,1-4H3. The highest BCUT2D eigenvalue weighted by Gasteiger charge is 2.03. The second-order valence-corrected chi connectivity index (χ2v) is 5.79. The van der Waals surface area contributed by atoms with Crippen molar-refractivity contribution >= 4 is 11.8 Å². The zero-order valence-electron chi connectivity index (χ0n) is 11.5. The molecule has 0 saturated carbocycles. The summed E-state index contributed by atoms with van der Waals surface area (Å²) in [7, 11) is 2.06. The average molecular weight is 251 g/mol. The van der Waals surface area contributed by atoms with Crippen LogP contribution in [0.2, 0.25) is 0 Å². The molecule has 1 unspecified atom stereocenters. The Hall–Kier alpha value is -0.470. The lowest BCUT2D eigenvalue weighted by atomic mass is 10.1. The fourth-order valence-corrected chi connectivity index (χ4v) is 3.02. The van der Waals surface area contributed by atoms with Crippen LogP contribution in [0.3, 0.4) is 0 Å². The lowest BCUT2D eigenvalue weighted by Crippen LogP contribution is -2.23. The maximum atomic E-state index is 3.36. The predicted octanol–water partition coefficient (Wildman–Crippen LogP) is 4.17. The van der Waals surface area contributed by atoms with Crippen LogP contribution in [0.4, 0.5) is 0 Å². The summed E-state index contributed by atoms with van der Waals surface area (Å²) in [5, 5.41) is 3.36. The van der Waals surface area contributed by atoms with Crippen molar-refractivity contribution in [2.24, 2.45) is 0 Å². The predicted molar refractivity (Wildman–Crippen MR) is 79.0 cm³/mol. The summed E-state index contributed by atoms with van der Waals surface area (Å²) in [5.74, 6) is 1.22. The number of rotatable bonds is 7. The van der Waals surface area contributed by atoms with E-state index in [4.69, 9.17) is 0 Å². The minimum Gasteiger partial charge on any atom is -0.317 e. The molecule has 0 amide bonds. The first-order valence-corrected chi connectivity index (χ1v) is 7.53. The second-order valence-electron chi connectivity index (χ2n) is 4.65. The average Bonchev–Trinajstić information content (AvgIpc) is 2.33. The van der Waals surface area contributed by atoms with Crippen molar-refractivity contribution in [3.8, 4) is 0 Å². The smallest absolute Gasteiger partial charge is 0.0104 e. The van der Waals surface area contributed by atoms with Crippen LogP contribution in [0.1, 0.15) is 37.3 Å². The Morgan fingerprint density at radius 2 is 2.06 bits per heavy atom. The van der Waals surface area contributed by atoms with Gasteiger partial charge in [-0.25, -0.2) is 0 Å². The van der Waals surface area contributed by atoms with Crippen molar-refractivity contribution < 1.29 is 0 Å². The zero-order valence-corrected chi connectivity index (χ0v) is 12.4. The Labute approximate surface area is 110 Å². The lowest BCUT2D eigenvalue weighted by molar-refractivity contribution is 0.504. The van der Waals surface area contributed by atoms with Crippen molar-refractivity contribution in [3.63, 3.8) is 0 Å². The van der Waals surface area contributed by atoms with Gasteiger partial charge in [-0.15, -0.1) is 11.8 Å². The number of thioether (sulfide) groups is 1. The molecule has 0 fully saturated rings. The molecule has 1 atom stereocenters. The Morgan fingerprint density at radius 1 is 1.29 bits per heavy atom. The van der Waals surface area contributed by atoms with Gasteiger partial charge in [-0.05, 0) is 57.5 Å². The molecule has 1 nitrogen and oxygen atoms in total. The highest BCUT2D eigenvalue weighted by molar-refractivity contribution is 7.99. The van der Waals surface area contributed by atoms with E-state index in [-0.39, 0.29) is 0 Å². The molecule has 1 aromatic carbocycles. The van der Waals surface area contributed by atoms with Crippen LogP contribution in [-0.2, 0) is 0 Å². The summed E-state index contributed by atoms with van der Waals surface area (Å²) in [5.41, 5.74) is 2.76. The number of hydrogen-bond donors (Lipinski definition) is 1. The minimum absolute atomic E-state index is 0.689. The van der Waals surface area contributed by atoms with E-state index in [1.54, 1.807) is 0 Å². The van der Waals surface area contributed by atoms with E-state index < -0.39 is 0 Å². The molecule has 0 spiro atoms. The zero-order chi connectivity index (χ0) is 12.7.